The van der Waals surface area contributed by atoms with E-state index in [9.17, 15) is 0 Å². The van der Waals surface area contributed by atoms with Gasteiger partial charge in [-0.15, -0.1) is 11.8 Å². The Morgan fingerprint density at radius 3 is 2.63 bits per heavy atom. The van der Waals surface area contributed by atoms with Crippen molar-refractivity contribution in [1.82, 2.24) is 0 Å². The Morgan fingerprint density at radius 2 is 1.89 bits per heavy atom. The maximum atomic E-state index is 3.67. The highest BCUT2D eigenvalue weighted by Crippen LogP contribution is 2.33. The van der Waals surface area contributed by atoms with Crippen LogP contribution in [-0.2, 0) is 6.42 Å². The van der Waals surface area contributed by atoms with Crippen molar-refractivity contribution in [3.05, 3.63) is 59.2 Å². The molecule has 0 bridgehead atoms. The number of rotatable bonds is 2. The summed E-state index contributed by atoms with van der Waals surface area (Å²) in [6.45, 7) is 2.16. The van der Waals surface area contributed by atoms with Crippen molar-refractivity contribution >= 4 is 17.4 Å². The van der Waals surface area contributed by atoms with Crippen LogP contribution in [0.4, 0.5) is 5.69 Å². The monoisotopic (exact) mass is 269 g/mol. The summed E-state index contributed by atoms with van der Waals surface area (Å²) in [5.41, 5.74) is 5.50. The summed E-state index contributed by atoms with van der Waals surface area (Å²) in [7, 11) is 0. The third kappa shape index (κ3) is 2.64. The number of nitrogens with one attached hydrogen (secondary N) is 1. The fraction of sp³-hybridized carbons (Fsp3) is 0.294. The summed E-state index contributed by atoms with van der Waals surface area (Å²) in [4.78, 5) is 1.33. The van der Waals surface area contributed by atoms with Gasteiger partial charge in [-0.3, -0.25) is 0 Å². The van der Waals surface area contributed by atoms with Crippen molar-refractivity contribution in [2.45, 2.75) is 30.7 Å². The fourth-order valence-electron chi connectivity index (χ4n) is 2.72. The molecule has 0 saturated heterocycles. The summed E-state index contributed by atoms with van der Waals surface area (Å²) in [5, 5.41) is 3.67. The van der Waals surface area contributed by atoms with E-state index in [2.05, 4.69) is 61.0 Å². The summed E-state index contributed by atoms with van der Waals surface area (Å²) in [6, 6.07) is 16.1. The van der Waals surface area contributed by atoms with Crippen LogP contribution in [0, 0.1) is 6.92 Å². The Balaban J connectivity index is 1.82. The first-order valence-electron chi connectivity index (χ1n) is 6.76. The van der Waals surface area contributed by atoms with E-state index in [1.807, 2.05) is 0 Å². The first kappa shape index (κ1) is 12.6. The van der Waals surface area contributed by atoms with Crippen LogP contribution in [0.25, 0.3) is 0 Å². The smallest absolute Gasteiger partial charge is 0.0517 e. The van der Waals surface area contributed by atoms with Crippen LogP contribution in [0.2, 0.25) is 0 Å². The Labute approximate surface area is 119 Å². The van der Waals surface area contributed by atoms with E-state index < -0.39 is 0 Å². The second kappa shape index (κ2) is 5.30. The van der Waals surface area contributed by atoms with E-state index in [-0.39, 0.29) is 0 Å². The van der Waals surface area contributed by atoms with Crippen LogP contribution in [0.1, 0.15) is 29.2 Å². The van der Waals surface area contributed by atoms with Gasteiger partial charge in [-0.25, -0.2) is 0 Å². The van der Waals surface area contributed by atoms with Gasteiger partial charge in [0, 0.05) is 10.6 Å². The van der Waals surface area contributed by atoms with Crippen molar-refractivity contribution < 1.29 is 0 Å². The highest BCUT2D eigenvalue weighted by atomic mass is 32.2. The second-order valence-corrected chi connectivity index (χ2v) is 6.05. The number of aryl methyl sites for hydroxylation is 2. The molecule has 0 radical (unpaired) electrons. The molecule has 0 spiro atoms. The Bertz CT molecular complexity index is 574. The molecule has 1 atom stereocenters. The SMILES string of the molecule is CSc1ccc([C@@H]2CCc3cc(C)ccc3N2)cc1. The van der Waals surface area contributed by atoms with Gasteiger partial charge < -0.3 is 5.32 Å². The van der Waals surface area contributed by atoms with E-state index in [1.54, 1.807) is 11.8 Å². The molecule has 0 amide bonds. The minimum Gasteiger partial charge on any atom is -0.378 e. The molecular formula is C17H19NS. The standard InChI is InChI=1S/C17H19NS/c1-12-3-9-17-14(11-12)6-10-16(18-17)13-4-7-15(19-2)8-5-13/h3-5,7-9,11,16,18H,6,10H2,1-2H3/t16-/m0/s1. The molecule has 0 saturated carbocycles. The van der Waals surface area contributed by atoms with Gasteiger partial charge in [-0.1, -0.05) is 29.8 Å². The van der Waals surface area contributed by atoms with Crippen LogP contribution in [0.3, 0.4) is 0 Å². The largest absolute Gasteiger partial charge is 0.378 e. The summed E-state index contributed by atoms with van der Waals surface area (Å²) in [6.07, 6.45) is 4.46. The predicted octanol–water partition coefficient (Wildman–Crippen LogP) is 4.82. The number of hydrogen-bond acceptors (Lipinski definition) is 2. The van der Waals surface area contributed by atoms with Gasteiger partial charge >= 0.3 is 0 Å². The number of anilines is 1. The van der Waals surface area contributed by atoms with Gasteiger partial charge in [0.2, 0.25) is 0 Å². The molecule has 3 rings (SSSR count). The molecule has 0 aliphatic carbocycles. The van der Waals surface area contributed by atoms with Crippen LogP contribution in [-0.4, -0.2) is 6.26 Å². The molecule has 2 heteroatoms. The average molecular weight is 269 g/mol. The zero-order valence-electron chi connectivity index (χ0n) is 11.4. The average Bonchev–Trinajstić information content (AvgIpc) is 2.47. The van der Waals surface area contributed by atoms with E-state index >= 15 is 0 Å². The minimum atomic E-state index is 0.450. The van der Waals surface area contributed by atoms with E-state index in [0.29, 0.717) is 6.04 Å². The maximum absolute atomic E-state index is 3.67. The van der Waals surface area contributed by atoms with Gasteiger partial charge in [0.05, 0.1) is 6.04 Å². The molecule has 19 heavy (non-hydrogen) atoms. The van der Waals surface area contributed by atoms with Gasteiger partial charge in [0.15, 0.2) is 0 Å². The van der Waals surface area contributed by atoms with Crippen molar-refractivity contribution in [3.8, 4) is 0 Å². The number of benzene rings is 2. The Kier molecular flexibility index (Phi) is 3.52. The second-order valence-electron chi connectivity index (χ2n) is 5.17. The van der Waals surface area contributed by atoms with Gasteiger partial charge in [0.1, 0.15) is 0 Å². The van der Waals surface area contributed by atoms with Gasteiger partial charge in [-0.2, -0.15) is 0 Å². The quantitative estimate of drug-likeness (QED) is 0.785. The lowest BCUT2D eigenvalue weighted by molar-refractivity contribution is 0.667. The van der Waals surface area contributed by atoms with Crippen LogP contribution < -0.4 is 5.32 Å². The van der Waals surface area contributed by atoms with Crippen LogP contribution in [0.15, 0.2) is 47.4 Å². The lowest BCUT2D eigenvalue weighted by atomic mass is 9.93. The topological polar surface area (TPSA) is 12.0 Å². The van der Waals surface area contributed by atoms with Crippen LogP contribution >= 0.6 is 11.8 Å². The van der Waals surface area contributed by atoms with Crippen molar-refractivity contribution in [3.63, 3.8) is 0 Å². The summed E-state index contributed by atoms with van der Waals surface area (Å²) < 4.78 is 0. The highest BCUT2D eigenvalue weighted by molar-refractivity contribution is 7.98. The molecule has 1 heterocycles. The first-order valence-corrected chi connectivity index (χ1v) is 7.99. The van der Waals surface area contributed by atoms with E-state index in [1.165, 1.54) is 40.1 Å². The molecule has 2 aromatic rings. The Morgan fingerprint density at radius 1 is 1.11 bits per heavy atom. The summed E-state index contributed by atoms with van der Waals surface area (Å²) in [5.74, 6) is 0. The number of fused-ring (bicyclic) bond motifs is 1. The zero-order chi connectivity index (χ0) is 13.2. The van der Waals surface area contributed by atoms with Crippen LogP contribution in [0.5, 0.6) is 0 Å². The van der Waals surface area contributed by atoms with Crippen molar-refractivity contribution in [2.24, 2.45) is 0 Å². The predicted molar refractivity (Wildman–Crippen MR) is 84.1 cm³/mol. The number of hydrogen-bond donors (Lipinski definition) is 1. The highest BCUT2D eigenvalue weighted by Gasteiger charge is 2.18. The molecule has 98 valence electrons. The molecule has 1 nitrogen and oxygen atoms in total. The molecule has 0 aromatic heterocycles. The van der Waals surface area contributed by atoms with E-state index in [4.69, 9.17) is 0 Å². The third-order valence-corrected chi connectivity index (χ3v) is 4.55. The normalized spacial score (nSPS) is 17.7. The molecule has 1 aliphatic heterocycles. The molecule has 2 aromatic carbocycles. The molecule has 0 fully saturated rings. The van der Waals surface area contributed by atoms with Crippen molar-refractivity contribution in [2.75, 3.05) is 11.6 Å². The van der Waals surface area contributed by atoms with Crippen molar-refractivity contribution in [1.29, 1.82) is 0 Å². The fourth-order valence-corrected chi connectivity index (χ4v) is 3.12. The maximum Gasteiger partial charge on any atom is 0.0517 e. The summed E-state index contributed by atoms with van der Waals surface area (Å²) >= 11 is 1.79. The van der Waals surface area contributed by atoms with E-state index in [0.717, 1.165) is 0 Å². The zero-order valence-corrected chi connectivity index (χ0v) is 12.3. The molecule has 1 aliphatic rings. The molecular weight excluding hydrogens is 250 g/mol. The Hall–Kier alpha value is -1.41. The molecule has 0 unspecified atom stereocenters. The van der Waals surface area contributed by atoms with Gasteiger partial charge in [0.25, 0.3) is 0 Å². The first-order chi connectivity index (χ1) is 9.26. The minimum absolute atomic E-state index is 0.450. The number of thioether (sulfide) groups is 1. The third-order valence-electron chi connectivity index (χ3n) is 3.81. The van der Waals surface area contributed by atoms with Gasteiger partial charge in [-0.05, 0) is 55.3 Å². The molecule has 1 N–H and O–H groups in total. The lowest BCUT2D eigenvalue weighted by Crippen LogP contribution is -2.18. The lowest BCUT2D eigenvalue weighted by Gasteiger charge is -2.27.